The Kier molecular flexibility index (Phi) is 6.13. The number of benzene rings is 1. The van der Waals surface area contributed by atoms with E-state index in [1.165, 1.54) is 24.3 Å². The maximum atomic E-state index is 13.0. The molecule has 1 amide bonds. The van der Waals surface area contributed by atoms with E-state index >= 15 is 0 Å². The first-order valence-electron chi connectivity index (χ1n) is 10.5. The van der Waals surface area contributed by atoms with E-state index in [1.54, 1.807) is 4.90 Å². The van der Waals surface area contributed by atoms with Gasteiger partial charge in [-0.15, -0.1) is 0 Å². The van der Waals surface area contributed by atoms with Crippen LogP contribution in [0.3, 0.4) is 0 Å². The number of carbonyl (C=O) groups excluding carboxylic acids is 1. The van der Waals surface area contributed by atoms with Crippen molar-refractivity contribution in [1.29, 1.82) is 0 Å². The maximum absolute atomic E-state index is 13.0. The van der Waals surface area contributed by atoms with Crippen molar-refractivity contribution in [2.45, 2.75) is 31.7 Å². The zero-order valence-electron chi connectivity index (χ0n) is 17.5. The highest BCUT2D eigenvalue weighted by molar-refractivity contribution is 5.78. The summed E-state index contributed by atoms with van der Waals surface area (Å²) in [7, 11) is 4.00. The second-order valence-corrected chi connectivity index (χ2v) is 8.01. The van der Waals surface area contributed by atoms with Crippen molar-refractivity contribution in [3.05, 3.63) is 47.2 Å². The molecule has 1 N–H and O–H groups in total. The molecule has 1 saturated heterocycles. The van der Waals surface area contributed by atoms with Crippen molar-refractivity contribution in [1.82, 2.24) is 19.8 Å². The molecule has 1 unspecified atom stereocenters. The van der Waals surface area contributed by atoms with Gasteiger partial charge in [-0.1, -0.05) is 0 Å². The van der Waals surface area contributed by atoms with Crippen molar-refractivity contribution in [2.24, 2.45) is 0 Å². The fraction of sp³-hybridized carbons (Fsp3) is 0.500. The Labute approximate surface area is 176 Å². The van der Waals surface area contributed by atoms with Gasteiger partial charge < -0.3 is 19.9 Å². The number of nitrogens with one attached hydrogen (secondary N) is 1. The summed E-state index contributed by atoms with van der Waals surface area (Å²) < 4.78 is 18.5. The van der Waals surface area contributed by atoms with Crippen LogP contribution in [0.4, 0.5) is 10.2 Å². The first-order valence-corrected chi connectivity index (χ1v) is 10.5. The Hall–Kier alpha value is -2.74. The molecule has 1 fully saturated rings. The molecule has 0 bridgehead atoms. The highest BCUT2D eigenvalue weighted by Crippen LogP contribution is 2.29. The zero-order chi connectivity index (χ0) is 21.1. The lowest BCUT2D eigenvalue weighted by atomic mass is 9.96. The third-order valence-electron chi connectivity index (χ3n) is 5.83. The lowest BCUT2D eigenvalue weighted by molar-refractivity contribution is -0.134. The van der Waals surface area contributed by atoms with Crippen LogP contribution in [-0.2, 0) is 17.8 Å². The monoisotopic (exact) mass is 413 g/mol. The van der Waals surface area contributed by atoms with Crippen LogP contribution in [0.2, 0.25) is 0 Å². The van der Waals surface area contributed by atoms with Gasteiger partial charge in [-0.3, -0.25) is 4.79 Å². The fourth-order valence-electron chi connectivity index (χ4n) is 4.18. The topological polar surface area (TPSA) is 70.6 Å². The third-order valence-corrected chi connectivity index (χ3v) is 5.83. The number of anilines is 1. The summed E-state index contributed by atoms with van der Waals surface area (Å²) in [4.78, 5) is 26.5. The van der Waals surface area contributed by atoms with Crippen LogP contribution in [0.5, 0.6) is 5.75 Å². The number of ether oxygens (including phenoxy) is 1. The van der Waals surface area contributed by atoms with Crippen molar-refractivity contribution in [3.63, 3.8) is 0 Å². The molecule has 1 aromatic heterocycles. The summed E-state index contributed by atoms with van der Waals surface area (Å²) in [5.41, 5.74) is 2.01. The molecule has 7 nitrogen and oxygen atoms in total. The minimum Gasteiger partial charge on any atom is -0.484 e. The smallest absolute Gasteiger partial charge is 0.260 e. The Morgan fingerprint density at radius 2 is 2.07 bits per heavy atom. The Morgan fingerprint density at radius 3 is 2.80 bits per heavy atom. The van der Waals surface area contributed by atoms with Crippen molar-refractivity contribution in [2.75, 3.05) is 45.7 Å². The van der Waals surface area contributed by atoms with Gasteiger partial charge in [-0.25, -0.2) is 14.4 Å². The number of carbonyl (C=O) groups is 1. The molecule has 3 heterocycles. The fourth-order valence-corrected chi connectivity index (χ4v) is 4.18. The molecular weight excluding hydrogens is 385 g/mol. The van der Waals surface area contributed by atoms with Gasteiger partial charge in [0.1, 0.15) is 23.2 Å². The van der Waals surface area contributed by atoms with E-state index in [4.69, 9.17) is 14.7 Å². The van der Waals surface area contributed by atoms with Crippen LogP contribution < -0.4 is 10.1 Å². The SMILES string of the molecule is CNc1nc(C2CCCN(C)C2)nc2c1CN(C(=O)COc1ccc(F)cc1)CC2. The number of hydrogen-bond acceptors (Lipinski definition) is 6. The summed E-state index contributed by atoms with van der Waals surface area (Å²) in [6.45, 7) is 3.08. The minimum absolute atomic E-state index is 0.0802. The van der Waals surface area contributed by atoms with E-state index in [1.807, 2.05) is 7.05 Å². The van der Waals surface area contributed by atoms with Crippen LogP contribution in [-0.4, -0.2) is 66.0 Å². The average molecular weight is 413 g/mol. The van der Waals surface area contributed by atoms with Crippen LogP contribution in [0.25, 0.3) is 0 Å². The second kappa shape index (κ2) is 8.95. The van der Waals surface area contributed by atoms with Gasteiger partial charge in [0.05, 0.1) is 12.2 Å². The standard InChI is InChI=1S/C22H28FN5O2/c1-24-22-18-13-28(20(29)14-30-17-7-5-16(23)6-8-17)11-9-19(18)25-21(26-22)15-4-3-10-27(2)12-15/h5-8,15H,3-4,9-14H2,1-2H3,(H,24,25,26). The molecule has 4 rings (SSSR count). The van der Waals surface area contributed by atoms with Crippen LogP contribution in [0, 0.1) is 5.82 Å². The first-order chi connectivity index (χ1) is 14.5. The van der Waals surface area contributed by atoms with Gasteiger partial charge in [-0.2, -0.15) is 0 Å². The van der Waals surface area contributed by atoms with Crippen LogP contribution >= 0.6 is 0 Å². The van der Waals surface area contributed by atoms with Gasteiger partial charge >= 0.3 is 0 Å². The Bertz CT molecular complexity index is 888. The lowest BCUT2D eigenvalue weighted by Gasteiger charge is -2.32. The summed E-state index contributed by atoms with van der Waals surface area (Å²) in [6.07, 6.45) is 2.97. The molecule has 160 valence electrons. The van der Waals surface area contributed by atoms with E-state index in [0.717, 1.165) is 48.8 Å². The highest BCUT2D eigenvalue weighted by atomic mass is 19.1. The second-order valence-electron chi connectivity index (χ2n) is 8.01. The Balaban J connectivity index is 1.44. The maximum Gasteiger partial charge on any atom is 0.260 e. The molecule has 0 aliphatic carbocycles. The molecule has 30 heavy (non-hydrogen) atoms. The quantitative estimate of drug-likeness (QED) is 0.812. The van der Waals surface area contributed by atoms with E-state index in [2.05, 4.69) is 17.3 Å². The van der Waals surface area contributed by atoms with Gasteiger partial charge in [0.2, 0.25) is 0 Å². The molecule has 0 saturated carbocycles. The zero-order valence-corrected chi connectivity index (χ0v) is 17.5. The number of hydrogen-bond donors (Lipinski definition) is 1. The molecule has 1 atom stereocenters. The predicted octanol–water partition coefficient (Wildman–Crippen LogP) is 2.43. The van der Waals surface area contributed by atoms with Gasteiger partial charge in [-0.05, 0) is 50.7 Å². The summed E-state index contributed by atoms with van der Waals surface area (Å²) >= 11 is 0. The number of rotatable bonds is 5. The molecule has 0 radical (unpaired) electrons. The van der Waals surface area contributed by atoms with Crippen molar-refractivity contribution in [3.8, 4) is 5.75 Å². The molecule has 8 heteroatoms. The number of aromatic nitrogens is 2. The number of nitrogens with zero attached hydrogens (tertiary/aromatic N) is 4. The third kappa shape index (κ3) is 4.53. The molecule has 1 aromatic carbocycles. The lowest BCUT2D eigenvalue weighted by Crippen LogP contribution is -2.40. The highest BCUT2D eigenvalue weighted by Gasteiger charge is 2.28. The van der Waals surface area contributed by atoms with E-state index in [-0.39, 0.29) is 18.3 Å². The van der Waals surface area contributed by atoms with E-state index < -0.39 is 0 Å². The number of likely N-dealkylation sites (N-methyl/N-ethyl adjacent to an activating group) is 1. The summed E-state index contributed by atoms with van der Waals surface area (Å²) in [6, 6.07) is 5.67. The first kappa shape index (κ1) is 20.5. The number of fused-ring (bicyclic) bond motifs is 1. The average Bonchev–Trinajstić information content (AvgIpc) is 2.77. The number of halogens is 1. The molecular formula is C22H28FN5O2. The minimum atomic E-state index is -0.333. The van der Waals surface area contributed by atoms with E-state index in [0.29, 0.717) is 31.2 Å². The molecule has 2 aliphatic heterocycles. The predicted molar refractivity (Wildman–Crippen MR) is 112 cm³/mol. The normalized spacial score (nSPS) is 19.3. The van der Waals surface area contributed by atoms with Crippen molar-refractivity contribution >= 4 is 11.7 Å². The van der Waals surface area contributed by atoms with Crippen LogP contribution in [0.1, 0.15) is 35.8 Å². The van der Waals surface area contributed by atoms with Gasteiger partial charge in [0.15, 0.2) is 6.61 Å². The molecule has 2 aliphatic rings. The van der Waals surface area contributed by atoms with E-state index in [9.17, 15) is 9.18 Å². The largest absolute Gasteiger partial charge is 0.484 e. The summed E-state index contributed by atoms with van der Waals surface area (Å²) in [5, 5.41) is 3.20. The number of amides is 1. The van der Waals surface area contributed by atoms with Gasteiger partial charge in [0, 0.05) is 38.0 Å². The molecule has 0 spiro atoms. The van der Waals surface area contributed by atoms with Crippen LogP contribution in [0.15, 0.2) is 24.3 Å². The van der Waals surface area contributed by atoms with Gasteiger partial charge in [0.25, 0.3) is 5.91 Å². The summed E-state index contributed by atoms with van der Waals surface area (Å²) in [5.74, 6) is 2.10. The number of likely N-dealkylation sites (tertiary alicyclic amines) is 1. The Morgan fingerprint density at radius 1 is 1.27 bits per heavy atom. The van der Waals surface area contributed by atoms with Crippen molar-refractivity contribution < 1.29 is 13.9 Å². The molecule has 2 aromatic rings. The number of piperidine rings is 1.